The van der Waals surface area contributed by atoms with E-state index in [1.807, 2.05) is 32.0 Å². The van der Waals surface area contributed by atoms with Gasteiger partial charge in [-0.15, -0.1) is 0 Å². The molecule has 0 amide bonds. The largest absolute Gasteiger partial charge is 0.312 e. The Kier molecular flexibility index (Phi) is 6.03. The third kappa shape index (κ3) is 4.64. The lowest BCUT2D eigenvalue weighted by Gasteiger charge is -2.07. The van der Waals surface area contributed by atoms with Crippen molar-refractivity contribution in [2.45, 2.75) is 20.4 Å². The Morgan fingerprint density at radius 3 is 2.81 bits per heavy atom. The molecule has 0 spiro atoms. The van der Waals surface area contributed by atoms with Gasteiger partial charge in [0.2, 0.25) is 0 Å². The Morgan fingerprint density at radius 2 is 2.19 bits per heavy atom. The number of nitrogens with one attached hydrogen (secondary N) is 1. The summed E-state index contributed by atoms with van der Waals surface area (Å²) in [6.07, 6.45) is 0. The number of hydrogen-bond donors (Lipinski definition) is 1. The van der Waals surface area contributed by atoms with Gasteiger partial charge < -0.3 is 5.32 Å². The average Bonchev–Trinajstić information content (AvgIpc) is 2.26. The minimum absolute atomic E-state index is 0.677. The topological polar surface area (TPSA) is 29.1 Å². The van der Waals surface area contributed by atoms with Crippen LogP contribution in [0.25, 0.3) is 0 Å². The van der Waals surface area contributed by atoms with Crippen LogP contribution >= 0.6 is 11.6 Å². The molecule has 1 atom stereocenters. The highest BCUT2D eigenvalue weighted by Gasteiger charge is 1.99. The first-order valence-corrected chi connectivity index (χ1v) is 7.30. The lowest BCUT2D eigenvalue weighted by molar-refractivity contribution is 0.673. The van der Waals surface area contributed by atoms with E-state index in [2.05, 4.69) is 5.32 Å². The smallest absolute Gasteiger partial charge is 0.0408 e. The van der Waals surface area contributed by atoms with Gasteiger partial charge in [0, 0.05) is 40.4 Å². The highest BCUT2D eigenvalue weighted by Crippen LogP contribution is 2.14. The minimum Gasteiger partial charge on any atom is -0.312 e. The molecule has 1 rings (SSSR count). The van der Waals surface area contributed by atoms with E-state index in [0.717, 1.165) is 29.6 Å². The predicted octanol–water partition coefficient (Wildman–Crippen LogP) is 2.51. The van der Waals surface area contributed by atoms with Gasteiger partial charge in [-0.3, -0.25) is 4.21 Å². The van der Waals surface area contributed by atoms with E-state index in [1.165, 1.54) is 11.1 Å². The van der Waals surface area contributed by atoms with Crippen LogP contribution < -0.4 is 5.32 Å². The first kappa shape index (κ1) is 13.7. The molecule has 0 aliphatic rings. The molecule has 16 heavy (non-hydrogen) atoms. The molecule has 0 fully saturated rings. The SMILES string of the molecule is CCS(=O)CCNCc1ccc(Cl)cc1C. The van der Waals surface area contributed by atoms with Crippen molar-refractivity contribution in [1.82, 2.24) is 5.32 Å². The van der Waals surface area contributed by atoms with Gasteiger partial charge in [0.1, 0.15) is 0 Å². The average molecular weight is 260 g/mol. The summed E-state index contributed by atoms with van der Waals surface area (Å²) in [6.45, 7) is 5.60. The quantitative estimate of drug-likeness (QED) is 0.796. The summed E-state index contributed by atoms with van der Waals surface area (Å²) in [6, 6.07) is 5.89. The van der Waals surface area contributed by atoms with Gasteiger partial charge in [0.25, 0.3) is 0 Å². The molecule has 0 heterocycles. The lowest BCUT2D eigenvalue weighted by Crippen LogP contribution is -2.21. The summed E-state index contributed by atoms with van der Waals surface area (Å²) < 4.78 is 11.2. The zero-order valence-corrected chi connectivity index (χ0v) is 11.3. The summed E-state index contributed by atoms with van der Waals surface area (Å²) in [5.41, 5.74) is 2.43. The summed E-state index contributed by atoms with van der Waals surface area (Å²) in [5, 5.41) is 4.06. The molecule has 2 nitrogen and oxygen atoms in total. The van der Waals surface area contributed by atoms with Crippen molar-refractivity contribution in [3.8, 4) is 0 Å². The second kappa shape index (κ2) is 7.05. The molecule has 90 valence electrons. The van der Waals surface area contributed by atoms with Crippen molar-refractivity contribution in [1.29, 1.82) is 0 Å². The standard InChI is InChI=1S/C12H18ClNOS/c1-3-16(15)7-6-14-9-11-4-5-12(13)8-10(11)2/h4-5,8,14H,3,6-7,9H2,1-2H3. The predicted molar refractivity (Wildman–Crippen MR) is 71.4 cm³/mol. The van der Waals surface area contributed by atoms with E-state index in [0.29, 0.717) is 0 Å². The Balaban J connectivity index is 2.35. The molecule has 0 saturated heterocycles. The van der Waals surface area contributed by atoms with Gasteiger partial charge in [-0.25, -0.2) is 0 Å². The van der Waals surface area contributed by atoms with Gasteiger partial charge in [-0.05, 0) is 30.2 Å². The number of halogens is 1. The van der Waals surface area contributed by atoms with Crippen molar-refractivity contribution < 1.29 is 4.21 Å². The van der Waals surface area contributed by atoms with Gasteiger partial charge in [0.15, 0.2) is 0 Å². The maximum absolute atomic E-state index is 11.2. The fourth-order valence-corrected chi connectivity index (χ4v) is 2.30. The van der Waals surface area contributed by atoms with Crippen LogP contribution in [0.2, 0.25) is 5.02 Å². The molecule has 1 aromatic rings. The van der Waals surface area contributed by atoms with E-state index in [1.54, 1.807) is 0 Å². The van der Waals surface area contributed by atoms with Crippen molar-refractivity contribution >= 4 is 22.4 Å². The van der Waals surface area contributed by atoms with E-state index >= 15 is 0 Å². The van der Waals surface area contributed by atoms with E-state index in [-0.39, 0.29) is 0 Å². The van der Waals surface area contributed by atoms with E-state index in [9.17, 15) is 4.21 Å². The highest BCUT2D eigenvalue weighted by atomic mass is 35.5. The van der Waals surface area contributed by atoms with Gasteiger partial charge in [-0.1, -0.05) is 24.6 Å². The van der Waals surface area contributed by atoms with Crippen LogP contribution in [0.4, 0.5) is 0 Å². The maximum atomic E-state index is 11.2. The van der Waals surface area contributed by atoms with Gasteiger partial charge >= 0.3 is 0 Å². The molecule has 1 N–H and O–H groups in total. The Hall–Kier alpha value is -0.380. The van der Waals surface area contributed by atoms with Crippen LogP contribution in [0.15, 0.2) is 18.2 Å². The number of rotatable bonds is 6. The first-order chi connectivity index (χ1) is 7.63. The summed E-state index contributed by atoms with van der Waals surface area (Å²) in [7, 11) is -0.677. The van der Waals surface area contributed by atoms with E-state index in [4.69, 9.17) is 11.6 Å². The van der Waals surface area contributed by atoms with Gasteiger partial charge in [0.05, 0.1) is 0 Å². The Morgan fingerprint density at radius 1 is 1.44 bits per heavy atom. The molecule has 1 unspecified atom stereocenters. The minimum atomic E-state index is -0.677. The van der Waals surface area contributed by atoms with Crippen LogP contribution in [0, 0.1) is 6.92 Å². The third-order valence-electron chi connectivity index (χ3n) is 2.45. The fraction of sp³-hybridized carbons (Fsp3) is 0.500. The zero-order chi connectivity index (χ0) is 12.0. The molecular formula is C12H18ClNOS. The Bertz CT molecular complexity index is 368. The third-order valence-corrected chi connectivity index (χ3v) is 3.99. The van der Waals surface area contributed by atoms with Crippen LogP contribution in [-0.2, 0) is 17.3 Å². The van der Waals surface area contributed by atoms with Crippen molar-refractivity contribution in [2.75, 3.05) is 18.1 Å². The van der Waals surface area contributed by atoms with Crippen LogP contribution in [0.5, 0.6) is 0 Å². The van der Waals surface area contributed by atoms with Crippen molar-refractivity contribution in [2.24, 2.45) is 0 Å². The summed E-state index contributed by atoms with van der Waals surface area (Å²) >= 11 is 5.88. The van der Waals surface area contributed by atoms with E-state index < -0.39 is 10.8 Å². The van der Waals surface area contributed by atoms with Gasteiger partial charge in [-0.2, -0.15) is 0 Å². The second-order valence-electron chi connectivity index (χ2n) is 3.68. The lowest BCUT2D eigenvalue weighted by atomic mass is 10.1. The maximum Gasteiger partial charge on any atom is 0.0408 e. The molecule has 0 aliphatic heterocycles. The molecular weight excluding hydrogens is 242 g/mol. The second-order valence-corrected chi connectivity index (χ2v) is 5.98. The van der Waals surface area contributed by atoms with Crippen LogP contribution in [0.3, 0.4) is 0 Å². The number of benzene rings is 1. The molecule has 0 saturated carbocycles. The molecule has 0 aliphatic carbocycles. The molecule has 0 bridgehead atoms. The fourth-order valence-electron chi connectivity index (χ4n) is 1.41. The summed E-state index contributed by atoms with van der Waals surface area (Å²) in [5.74, 6) is 1.46. The molecule has 1 aromatic carbocycles. The monoisotopic (exact) mass is 259 g/mol. The normalized spacial score (nSPS) is 12.7. The van der Waals surface area contributed by atoms with Crippen molar-refractivity contribution in [3.05, 3.63) is 34.3 Å². The molecule has 0 aromatic heterocycles. The molecule has 4 heteroatoms. The number of aryl methyl sites for hydroxylation is 1. The Labute approximate surface area is 105 Å². The van der Waals surface area contributed by atoms with Crippen LogP contribution in [-0.4, -0.2) is 22.3 Å². The van der Waals surface area contributed by atoms with Crippen LogP contribution in [0.1, 0.15) is 18.1 Å². The zero-order valence-electron chi connectivity index (χ0n) is 9.75. The molecule has 0 radical (unpaired) electrons. The van der Waals surface area contributed by atoms with Crippen molar-refractivity contribution in [3.63, 3.8) is 0 Å². The number of hydrogen-bond acceptors (Lipinski definition) is 2. The summed E-state index contributed by atoms with van der Waals surface area (Å²) in [4.78, 5) is 0. The first-order valence-electron chi connectivity index (χ1n) is 5.44. The highest BCUT2D eigenvalue weighted by molar-refractivity contribution is 7.84.